The lowest BCUT2D eigenvalue weighted by molar-refractivity contribution is -0.116. The van der Waals surface area contributed by atoms with Crippen LogP contribution in [0.2, 0.25) is 0 Å². The first-order valence-corrected chi connectivity index (χ1v) is 7.24. The third-order valence-electron chi connectivity index (χ3n) is 3.14. The molecule has 20 heavy (non-hydrogen) atoms. The van der Waals surface area contributed by atoms with Gasteiger partial charge in [0.15, 0.2) is 5.13 Å². The minimum absolute atomic E-state index is 0.0312. The van der Waals surface area contributed by atoms with E-state index >= 15 is 0 Å². The maximum absolute atomic E-state index is 12.1. The van der Waals surface area contributed by atoms with Gasteiger partial charge in [-0.05, 0) is 36.6 Å². The fourth-order valence-corrected chi connectivity index (χ4v) is 2.69. The van der Waals surface area contributed by atoms with Crippen molar-refractivity contribution in [2.45, 2.75) is 19.3 Å². The van der Waals surface area contributed by atoms with Gasteiger partial charge in [0.1, 0.15) is 0 Å². The van der Waals surface area contributed by atoms with E-state index in [0.29, 0.717) is 17.1 Å². The molecule has 0 saturated heterocycles. The zero-order valence-corrected chi connectivity index (χ0v) is 11.5. The molecule has 0 saturated carbocycles. The summed E-state index contributed by atoms with van der Waals surface area (Å²) in [7, 11) is 0. The monoisotopic (exact) mass is 287 g/mol. The first-order valence-electron chi connectivity index (χ1n) is 6.36. The number of thiazole rings is 1. The molecule has 6 heteroatoms. The van der Waals surface area contributed by atoms with Crippen LogP contribution in [0.25, 0.3) is 0 Å². The molecule has 0 atom stereocenters. The van der Waals surface area contributed by atoms with Gasteiger partial charge in [0.05, 0.1) is 0 Å². The van der Waals surface area contributed by atoms with Crippen LogP contribution in [0.1, 0.15) is 28.8 Å². The zero-order valence-electron chi connectivity index (χ0n) is 10.7. The van der Waals surface area contributed by atoms with E-state index in [1.165, 1.54) is 11.3 Å². The molecule has 0 radical (unpaired) electrons. The second-order valence-corrected chi connectivity index (χ2v) is 5.46. The van der Waals surface area contributed by atoms with Crippen LogP contribution in [0.3, 0.4) is 0 Å². The normalized spacial score (nSPS) is 14.1. The molecule has 2 N–H and O–H groups in total. The standard InChI is InChI=1S/C14H13N3O2S/c18-12-3-1-2-9-8-10(4-5-11(9)16-12)13(19)17-14-15-6-7-20-14/h4-8H,1-3H2,(H,16,18)(H,15,17,19). The van der Waals surface area contributed by atoms with Crippen molar-refractivity contribution in [3.63, 3.8) is 0 Å². The average Bonchev–Trinajstić information content (AvgIpc) is 2.85. The highest BCUT2D eigenvalue weighted by atomic mass is 32.1. The van der Waals surface area contributed by atoms with Crippen LogP contribution in [-0.4, -0.2) is 16.8 Å². The molecular formula is C14H13N3O2S. The molecule has 2 amide bonds. The second-order valence-electron chi connectivity index (χ2n) is 4.57. The molecule has 1 aliphatic rings. The highest BCUT2D eigenvalue weighted by molar-refractivity contribution is 7.13. The minimum atomic E-state index is -0.182. The minimum Gasteiger partial charge on any atom is -0.326 e. The number of nitrogens with zero attached hydrogens (tertiary/aromatic N) is 1. The van der Waals surface area contributed by atoms with Crippen LogP contribution in [0.5, 0.6) is 0 Å². The lowest BCUT2D eigenvalue weighted by Gasteiger charge is -2.09. The maximum Gasteiger partial charge on any atom is 0.257 e. The number of hydrogen-bond donors (Lipinski definition) is 2. The zero-order chi connectivity index (χ0) is 13.9. The van der Waals surface area contributed by atoms with Crippen LogP contribution in [-0.2, 0) is 11.2 Å². The van der Waals surface area contributed by atoms with Crippen molar-refractivity contribution in [1.29, 1.82) is 0 Å². The van der Waals surface area contributed by atoms with Crippen molar-refractivity contribution < 1.29 is 9.59 Å². The molecule has 0 unspecified atom stereocenters. The van der Waals surface area contributed by atoms with Gasteiger partial charge >= 0.3 is 0 Å². The van der Waals surface area contributed by atoms with E-state index in [2.05, 4.69) is 15.6 Å². The Morgan fingerprint density at radius 3 is 3.05 bits per heavy atom. The van der Waals surface area contributed by atoms with Gasteiger partial charge in [-0.15, -0.1) is 11.3 Å². The Bertz CT molecular complexity index is 652. The van der Waals surface area contributed by atoms with Gasteiger partial charge in [0, 0.05) is 29.2 Å². The summed E-state index contributed by atoms with van der Waals surface area (Å²) in [4.78, 5) is 27.6. The van der Waals surface area contributed by atoms with Gasteiger partial charge in [-0.2, -0.15) is 0 Å². The number of rotatable bonds is 2. The number of benzene rings is 1. The average molecular weight is 287 g/mol. The van der Waals surface area contributed by atoms with Crippen LogP contribution >= 0.6 is 11.3 Å². The quantitative estimate of drug-likeness (QED) is 0.892. The Morgan fingerprint density at radius 1 is 1.35 bits per heavy atom. The van der Waals surface area contributed by atoms with Gasteiger partial charge in [-0.3, -0.25) is 14.9 Å². The largest absolute Gasteiger partial charge is 0.326 e. The van der Waals surface area contributed by atoms with Crippen LogP contribution in [0.4, 0.5) is 10.8 Å². The third-order valence-corrected chi connectivity index (χ3v) is 3.83. The summed E-state index contributed by atoms with van der Waals surface area (Å²) in [6, 6.07) is 5.34. The molecule has 1 aliphatic heterocycles. The predicted molar refractivity (Wildman–Crippen MR) is 78.1 cm³/mol. The van der Waals surface area contributed by atoms with E-state index in [9.17, 15) is 9.59 Å². The summed E-state index contributed by atoms with van der Waals surface area (Å²) in [6.45, 7) is 0. The summed E-state index contributed by atoms with van der Waals surface area (Å²) in [6.07, 6.45) is 3.77. The number of carbonyl (C=O) groups is 2. The van der Waals surface area contributed by atoms with Gasteiger partial charge in [0.25, 0.3) is 5.91 Å². The first-order chi connectivity index (χ1) is 9.72. The highest BCUT2D eigenvalue weighted by Crippen LogP contribution is 2.23. The number of anilines is 2. The molecule has 0 aliphatic carbocycles. The molecule has 102 valence electrons. The Labute approximate surface area is 120 Å². The van der Waals surface area contributed by atoms with Crippen molar-refractivity contribution >= 4 is 34.0 Å². The number of hydrogen-bond acceptors (Lipinski definition) is 4. The number of aryl methyl sites for hydroxylation is 1. The van der Waals surface area contributed by atoms with Crippen molar-refractivity contribution in [3.05, 3.63) is 40.9 Å². The Balaban J connectivity index is 1.83. The fraction of sp³-hybridized carbons (Fsp3) is 0.214. The molecule has 2 aromatic rings. The number of nitrogens with one attached hydrogen (secondary N) is 2. The predicted octanol–water partition coefficient (Wildman–Crippen LogP) is 2.67. The molecule has 5 nitrogen and oxygen atoms in total. The van der Waals surface area contributed by atoms with E-state index in [1.807, 2.05) is 11.4 Å². The Morgan fingerprint density at radius 2 is 2.25 bits per heavy atom. The van der Waals surface area contributed by atoms with E-state index in [4.69, 9.17) is 0 Å². The van der Waals surface area contributed by atoms with Crippen LogP contribution < -0.4 is 10.6 Å². The van der Waals surface area contributed by atoms with Gasteiger partial charge in [-0.1, -0.05) is 0 Å². The molecule has 0 fully saturated rings. The van der Waals surface area contributed by atoms with Gasteiger partial charge in [0.2, 0.25) is 5.91 Å². The van der Waals surface area contributed by atoms with Crippen molar-refractivity contribution in [2.75, 3.05) is 10.6 Å². The van der Waals surface area contributed by atoms with Gasteiger partial charge in [-0.25, -0.2) is 4.98 Å². The first kappa shape index (κ1) is 12.8. The maximum atomic E-state index is 12.1. The third kappa shape index (κ3) is 2.70. The van der Waals surface area contributed by atoms with E-state index < -0.39 is 0 Å². The second kappa shape index (κ2) is 5.42. The summed E-state index contributed by atoms with van der Waals surface area (Å²) in [5, 5.41) is 7.99. The number of amides is 2. The Kier molecular flexibility index (Phi) is 3.47. The molecular weight excluding hydrogens is 274 g/mol. The molecule has 3 rings (SSSR count). The Hall–Kier alpha value is -2.21. The molecule has 0 spiro atoms. The summed E-state index contributed by atoms with van der Waals surface area (Å²) >= 11 is 1.38. The smallest absolute Gasteiger partial charge is 0.257 e. The van der Waals surface area contributed by atoms with Crippen LogP contribution in [0.15, 0.2) is 29.8 Å². The number of aromatic nitrogens is 1. The lowest BCUT2D eigenvalue weighted by Crippen LogP contribution is -2.13. The topological polar surface area (TPSA) is 71.1 Å². The molecule has 0 bridgehead atoms. The molecule has 1 aromatic heterocycles. The number of fused-ring (bicyclic) bond motifs is 1. The lowest BCUT2D eigenvalue weighted by atomic mass is 10.0. The number of carbonyl (C=O) groups excluding carboxylic acids is 2. The molecule has 1 aromatic carbocycles. The van der Waals surface area contributed by atoms with E-state index in [0.717, 1.165) is 24.1 Å². The summed E-state index contributed by atoms with van der Waals surface area (Å²) in [5.41, 5.74) is 2.39. The van der Waals surface area contributed by atoms with Gasteiger partial charge < -0.3 is 5.32 Å². The van der Waals surface area contributed by atoms with E-state index in [1.54, 1.807) is 18.3 Å². The van der Waals surface area contributed by atoms with E-state index in [-0.39, 0.29) is 11.8 Å². The summed E-state index contributed by atoms with van der Waals surface area (Å²) < 4.78 is 0. The van der Waals surface area contributed by atoms with Crippen molar-refractivity contribution in [2.24, 2.45) is 0 Å². The summed E-state index contributed by atoms with van der Waals surface area (Å²) in [5.74, 6) is -0.151. The highest BCUT2D eigenvalue weighted by Gasteiger charge is 2.15. The van der Waals surface area contributed by atoms with Crippen molar-refractivity contribution in [1.82, 2.24) is 4.98 Å². The van der Waals surface area contributed by atoms with Crippen LogP contribution in [0, 0.1) is 0 Å². The molecule has 2 heterocycles. The fourth-order valence-electron chi connectivity index (χ4n) is 2.17. The SMILES string of the molecule is O=C1CCCc2cc(C(=O)Nc3nccs3)ccc2N1. The van der Waals surface area contributed by atoms with Crippen molar-refractivity contribution in [3.8, 4) is 0 Å².